The van der Waals surface area contributed by atoms with Crippen LogP contribution in [0.5, 0.6) is 0 Å². The average molecular weight is 260 g/mol. The smallest absolute Gasteiger partial charge is 0.141 e. The van der Waals surface area contributed by atoms with Crippen LogP contribution in [-0.2, 0) is 11.3 Å². The van der Waals surface area contributed by atoms with Crippen molar-refractivity contribution in [3.63, 3.8) is 0 Å². The number of benzene rings is 1. The molecule has 2 nitrogen and oxygen atoms in total. The van der Waals surface area contributed by atoms with Crippen LogP contribution in [0.15, 0.2) is 18.2 Å². The summed E-state index contributed by atoms with van der Waals surface area (Å²) in [5, 5.41) is 3.46. The highest BCUT2D eigenvalue weighted by atomic mass is 35.5. The summed E-state index contributed by atoms with van der Waals surface area (Å²) in [6.07, 6.45) is 0.965. The zero-order chi connectivity index (χ0) is 12.7. The number of nitrogens with one attached hydrogen (secondary N) is 1. The maximum atomic E-state index is 12.9. The van der Waals surface area contributed by atoms with Crippen molar-refractivity contribution in [1.29, 1.82) is 0 Å². The van der Waals surface area contributed by atoms with Gasteiger partial charge in [0.1, 0.15) is 5.82 Å². The fourth-order valence-electron chi connectivity index (χ4n) is 1.38. The van der Waals surface area contributed by atoms with Gasteiger partial charge in [0.05, 0.1) is 11.6 Å². The molecule has 1 aromatic carbocycles. The SMILES string of the molecule is CC(C)NCCCOCc1ccc(F)c(Cl)c1. The van der Waals surface area contributed by atoms with Crippen LogP contribution in [0.4, 0.5) is 4.39 Å². The highest BCUT2D eigenvalue weighted by molar-refractivity contribution is 6.30. The van der Waals surface area contributed by atoms with Crippen molar-refractivity contribution in [3.05, 3.63) is 34.6 Å². The van der Waals surface area contributed by atoms with Gasteiger partial charge in [-0.25, -0.2) is 4.39 Å². The summed E-state index contributed by atoms with van der Waals surface area (Å²) >= 11 is 5.67. The minimum Gasteiger partial charge on any atom is -0.377 e. The Balaban J connectivity index is 2.16. The van der Waals surface area contributed by atoms with Gasteiger partial charge in [-0.1, -0.05) is 31.5 Å². The molecule has 4 heteroatoms. The lowest BCUT2D eigenvalue weighted by molar-refractivity contribution is 0.118. The van der Waals surface area contributed by atoms with Gasteiger partial charge >= 0.3 is 0 Å². The van der Waals surface area contributed by atoms with Crippen molar-refractivity contribution < 1.29 is 9.13 Å². The van der Waals surface area contributed by atoms with Crippen molar-refractivity contribution in [2.24, 2.45) is 0 Å². The van der Waals surface area contributed by atoms with Crippen molar-refractivity contribution in [3.8, 4) is 0 Å². The number of halogens is 2. The number of hydrogen-bond acceptors (Lipinski definition) is 2. The number of rotatable bonds is 7. The van der Waals surface area contributed by atoms with E-state index in [1.165, 1.54) is 6.07 Å². The normalized spacial score (nSPS) is 11.1. The van der Waals surface area contributed by atoms with Gasteiger partial charge < -0.3 is 10.1 Å². The predicted molar refractivity (Wildman–Crippen MR) is 68.8 cm³/mol. The Morgan fingerprint density at radius 2 is 2.18 bits per heavy atom. The first kappa shape index (κ1) is 14.4. The molecule has 0 heterocycles. The Hall–Kier alpha value is -0.640. The second kappa shape index (κ2) is 7.64. The average Bonchev–Trinajstić information content (AvgIpc) is 2.27. The van der Waals surface area contributed by atoms with E-state index in [4.69, 9.17) is 16.3 Å². The molecule has 0 radical (unpaired) electrons. The first-order valence-corrected chi connectivity index (χ1v) is 6.22. The Labute approximate surface area is 107 Å². The van der Waals surface area contributed by atoms with Crippen molar-refractivity contribution >= 4 is 11.6 Å². The zero-order valence-corrected chi connectivity index (χ0v) is 11.1. The summed E-state index contributed by atoms with van der Waals surface area (Å²) in [6, 6.07) is 5.16. The summed E-state index contributed by atoms with van der Waals surface area (Å²) in [5.74, 6) is -0.392. The molecule has 1 aromatic rings. The summed E-state index contributed by atoms with van der Waals surface area (Å²) in [7, 11) is 0. The summed E-state index contributed by atoms with van der Waals surface area (Å²) in [6.45, 7) is 6.33. The van der Waals surface area contributed by atoms with Crippen LogP contribution in [0.3, 0.4) is 0 Å². The third-order valence-corrected chi connectivity index (χ3v) is 2.56. The minimum atomic E-state index is -0.392. The first-order valence-electron chi connectivity index (χ1n) is 5.84. The molecule has 0 saturated heterocycles. The first-order chi connectivity index (χ1) is 8.09. The fraction of sp³-hybridized carbons (Fsp3) is 0.538. The molecule has 0 aliphatic rings. The van der Waals surface area contributed by atoms with Gasteiger partial charge in [0, 0.05) is 12.6 Å². The Morgan fingerprint density at radius 1 is 1.41 bits per heavy atom. The van der Waals surface area contributed by atoms with Gasteiger partial charge in [0.25, 0.3) is 0 Å². The monoisotopic (exact) mass is 259 g/mol. The van der Waals surface area contributed by atoms with Crippen LogP contribution in [0.25, 0.3) is 0 Å². The van der Waals surface area contributed by atoms with Crippen LogP contribution in [-0.4, -0.2) is 19.2 Å². The van der Waals surface area contributed by atoms with E-state index < -0.39 is 5.82 Å². The summed E-state index contributed by atoms with van der Waals surface area (Å²) < 4.78 is 18.4. The molecule has 0 bridgehead atoms. The molecule has 1 rings (SSSR count). The van der Waals surface area contributed by atoms with Crippen LogP contribution in [0.2, 0.25) is 5.02 Å². The van der Waals surface area contributed by atoms with E-state index >= 15 is 0 Å². The predicted octanol–water partition coefficient (Wildman–Crippen LogP) is 3.38. The van der Waals surface area contributed by atoms with Gasteiger partial charge in [-0.15, -0.1) is 0 Å². The fourth-order valence-corrected chi connectivity index (χ4v) is 1.59. The van der Waals surface area contributed by atoms with Crippen molar-refractivity contribution in [2.75, 3.05) is 13.2 Å². The Kier molecular flexibility index (Phi) is 6.48. The summed E-state index contributed by atoms with van der Waals surface area (Å²) in [5.41, 5.74) is 0.896. The van der Waals surface area contributed by atoms with Crippen LogP contribution >= 0.6 is 11.6 Å². The van der Waals surface area contributed by atoms with Crippen LogP contribution in [0, 0.1) is 5.82 Å². The highest BCUT2D eigenvalue weighted by Gasteiger charge is 2.00. The van der Waals surface area contributed by atoms with E-state index in [0.29, 0.717) is 19.3 Å². The zero-order valence-electron chi connectivity index (χ0n) is 10.3. The quantitative estimate of drug-likeness (QED) is 0.758. The largest absolute Gasteiger partial charge is 0.377 e. The molecular formula is C13H19ClFNO. The minimum absolute atomic E-state index is 0.146. The van der Waals surface area contributed by atoms with E-state index in [1.807, 2.05) is 0 Å². The standard InChI is InChI=1S/C13H19ClFNO/c1-10(2)16-6-3-7-17-9-11-4-5-13(15)12(14)8-11/h4-5,8,10,16H,3,6-7,9H2,1-2H3. The van der Waals surface area contributed by atoms with Gasteiger partial charge in [-0.2, -0.15) is 0 Å². The van der Waals surface area contributed by atoms with E-state index in [9.17, 15) is 4.39 Å². The Bertz CT molecular complexity index is 344. The highest BCUT2D eigenvalue weighted by Crippen LogP contribution is 2.16. The van der Waals surface area contributed by atoms with Gasteiger partial charge in [-0.3, -0.25) is 0 Å². The second-order valence-electron chi connectivity index (χ2n) is 4.26. The van der Waals surface area contributed by atoms with Crippen LogP contribution < -0.4 is 5.32 Å². The molecule has 0 atom stereocenters. The molecule has 0 aliphatic heterocycles. The topological polar surface area (TPSA) is 21.3 Å². The molecular weight excluding hydrogens is 241 g/mol. The van der Waals surface area contributed by atoms with E-state index in [1.54, 1.807) is 12.1 Å². The third-order valence-electron chi connectivity index (χ3n) is 2.27. The lowest BCUT2D eigenvalue weighted by atomic mass is 10.2. The molecule has 0 amide bonds. The molecule has 17 heavy (non-hydrogen) atoms. The lowest BCUT2D eigenvalue weighted by Gasteiger charge is -2.08. The van der Waals surface area contributed by atoms with Gasteiger partial charge in [-0.05, 0) is 30.7 Å². The van der Waals surface area contributed by atoms with E-state index in [-0.39, 0.29) is 5.02 Å². The summed E-state index contributed by atoms with van der Waals surface area (Å²) in [4.78, 5) is 0. The molecule has 1 N–H and O–H groups in total. The number of hydrogen-bond donors (Lipinski definition) is 1. The molecule has 96 valence electrons. The maximum absolute atomic E-state index is 12.9. The van der Waals surface area contributed by atoms with Gasteiger partial charge in [0.15, 0.2) is 0 Å². The Morgan fingerprint density at radius 3 is 2.82 bits per heavy atom. The number of ether oxygens (including phenoxy) is 1. The molecule has 0 saturated carbocycles. The maximum Gasteiger partial charge on any atom is 0.141 e. The molecule has 0 aliphatic carbocycles. The molecule has 0 aromatic heterocycles. The lowest BCUT2D eigenvalue weighted by Crippen LogP contribution is -2.24. The van der Waals surface area contributed by atoms with Crippen LogP contribution in [0.1, 0.15) is 25.8 Å². The molecule has 0 unspecified atom stereocenters. The van der Waals surface area contributed by atoms with E-state index in [0.717, 1.165) is 18.5 Å². The third kappa shape index (κ3) is 6.01. The van der Waals surface area contributed by atoms with Crippen molar-refractivity contribution in [1.82, 2.24) is 5.32 Å². The van der Waals surface area contributed by atoms with Gasteiger partial charge in [0.2, 0.25) is 0 Å². The second-order valence-corrected chi connectivity index (χ2v) is 4.67. The van der Waals surface area contributed by atoms with E-state index in [2.05, 4.69) is 19.2 Å². The molecule has 0 fully saturated rings. The van der Waals surface area contributed by atoms with Crippen molar-refractivity contribution in [2.45, 2.75) is 32.9 Å². The molecule has 0 spiro atoms.